The molecule has 0 aliphatic carbocycles. The van der Waals surface area contributed by atoms with E-state index in [1.807, 2.05) is 18.2 Å². The van der Waals surface area contributed by atoms with Crippen LogP contribution in [0.4, 0.5) is 9.18 Å². The first kappa shape index (κ1) is 16.5. The number of para-hydroxylation sites is 1. The highest BCUT2D eigenvalue weighted by molar-refractivity contribution is 5.71. The van der Waals surface area contributed by atoms with E-state index in [1.54, 1.807) is 36.3 Å². The summed E-state index contributed by atoms with van der Waals surface area (Å²) in [6, 6.07) is 15.0. The number of carbonyl (C=O) groups excluding carboxylic acids is 1. The van der Waals surface area contributed by atoms with E-state index in [1.165, 1.54) is 12.1 Å². The van der Waals surface area contributed by atoms with Gasteiger partial charge in [0.1, 0.15) is 11.6 Å². The number of benzene rings is 2. The lowest BCUT2D eigenvalue weighted by Crippen LogP contribution is -2.44. The fourth-order valence-corrected chi connectivity index (χ4v) is 3.01. The van der Waals surface area contributed by atoms with Crippen LogP contribution in [0.15, 0.2) is 54.6 Å². The average Bonchev–Trinajstić information content (AvgIpc) is 2.62. The highest BCUT2D eigenvalue weighted by Gasteiger charge is 2.34. The summed E-state index contributed by atoms with van der Waals surface area (Å²) in [5.41, 5.74) is 0.878. The zero-order chi connectivity index (χ0) is 16.9. The van der Waals surface area contributed by atoms with E-state index in [9.17, 15) is 9.18 Å². The highest BCUT2D eigenvalue weighted by Crippen LogP contribution is 2.33. The van der Waals surface area contributed by atoms with Crippen molar-refractivity contribution >= 4 is 6.09 Å². The molecule has 2 atom stereocenters. The molecule has 1 amide bonds. The third-order valence-electron chi connectivity index (χ3n) is 4.33. The van der Waals surface area contributed by atoms with Crippen molar-refractivity contribution in [2.75, 3.05) is 13.7 Å². The number of rotatable bonds is 3. The summed E-state index contributed by atoms with van der Waals surface area (Å²) in [6.07, 6.45) is 1.08. The topological polar surface area (TPSA) is 38.8 Å². The molecule has 126 valence electrons. The second-order valence-electron chi connectivity index (χ2n) is 5.82. The number of nitrogens with zero attached hydrogens (tertiary/aromatic N) is 1. The van der Waals surface area contributed by atoms with E-state index < -0.39 is 6.09 Å². The summed E-state index contributed by atoms with van der Waals surface area (Å²) in [5.74, 6) is 0.213. The van der Waals surface area contributed by atoms with Crippen LogP contribution in [0.3, 0.4) is 0 Å². The Labute approximate surface area is 140 Å². The summed E-state index contributed by atoms with van der Waals surface area (Å²) < 4.78 is 24.1. The first-order valence-corrected chi connectivity index (χ1v) is 7.99. The van der Waals surface area contributed by atoms with Crippen molar-refractivity contribution in [2.24, 2.45) is 0 Å². The van der Waals surface area contributed by atoms with Gasteiger partial charge in [0.15, 0.2) is 0 Å². The predicted octanol–water partition coefficient (Wildman–Crippen LogP) is 4.18. The molecule has 0 saturated carbocycles. The molecule has 0 spiro atoms. The third kappa shape index (κ3) is 3.74. The zero-order valence-corrected chi connectivity index (χ0v) is 13.5. The molecule has 1 heterocycles. The minimum atomic E-state index is -0.398. The van der Waals surface area contributed by atoms with Gasteiger partial charge in [0.05, 0.1) is 12.1 Å². The molecule has 0 unspecified atom stereocenters. The van der Waals surface area contributed by atoms with Crippen LogP contribution in [0.5, 0.6) is 5.75 Å². The Morgan fingerprint density at radius 3 is 2.50 bits per heavy atom. The van der Waals surface area contributed by atoms with Gasteiger partial charge in [-0.1, -0.05) is 30.3 Å². The van der Waals surface area contributed by atoms with Crippen molar-refractivity contribution in [2.45, 2.75) is 25.0 Å². The van der Waals surface area contributed by atoms with Gasteiger partial charge in [0.2, 0.25) is 0 Å². The maximum atomic E-state index is 13.2. The number of hydrogen-bond acceptors (Lipinski definition) is 3. The Morgan fingerprint density at radius 2 is 1.83 bits per heavy atom. The number of amides is 1. The van der Waals surface area contributed by atoms with Gasteiger partial charge in [-0.3, -0.25) is 0 Å². The van der Waals surface area contributed by atoms with Gasteiger partial charge in [-0.25, -0.2) is 9.18 Å². The Bertz CT molecular complexity index is 675. The molecule has 0 bridgehead atoms. The van der Waals surface area contributed by atoms with E-state index >= 15 is 0 Å². The maximum absolute atomic E-state index is 13.2. The second-order valence-corrected chi connectivity index (χ2v) is 5.82. The lowest BCUT2D eigenvalue weighted by atomic mass is 9.93. The molecule has 0 aromatic heterocycles. The van der Waals surface area contributed by atoms with Gasteiger partial charge in [0, 0.05) is 13.7 Å². The molecule has 3 rings (SSSR count). The number of ether oxygens (including phenoxy) is 2. The van der Waals surface area contributed by atoms with Crippen LogP contribution in [0.25, 0.3) is 0 Å². The molecular formula is C19H20FNO3. The summed E-state index contributed by atoms with van der Waals surface area (Å²) in [6.45, 7) is 0.534. The van der Waals surface area contributed by atoms with Gasteiger partial charge in [-0.2, -0.15) is 0 Å². The Morgan fingerprint density at radius 1 is 1.12 bits per heavy atom. The highest BCUT2D eigenvalue weighted by atomic mass is 19.1. The number of carbonyl (C=O) groups is 1. The SMILES string of the molecule is CO[C@H]1CCN(C(=O)Oc2ccccc2)[C@H](c2ccc(F)cc2)C1. The molecule has 4 nitrogen and oxygen atoms in total. The Hall–Kier alpha value is -2.40. The van der Waals surface area contributed by atoms with Gasteiger partial charge in [0.25, 0.3) is 0 Å². The van der Waals surface area contributed by atoms with Crippen LogP contribution in [0.2, 0.25) is 0 Å². The molecule has 1 fully saturated rings. The minimum Gasteiger partial charge on any atom is -0.410 e. The van der Waals surface area contributed by atoms with Crippen LogP contribution in [0.1, 0.15) is 24.4 Å². The van der Waals surface area contributed by atoms with Crippen molar-refractivity contribution in [3.05, 3.63) is 66.0 Å². The number of hydrogen-bond donors (Lipinski definition) is 0. The molecule has 2 aromatic rings. The summed E-state index contributed by atoms with van der Waals surface area (Å²) in [7, 11) is 1.67. The number of methoxy groups -OCH3 is 1. The van der Waals surface area contributed by atoms with Crippen LogP contribution in [0, 0.1) is 5.82 Å². The van der Waals surface area contributed by atoms with E-state index in [-0.39, 0.29) is 18.0 Å². The average molecular weight is 329 g/mol. The first-order chi connectivity index (χ1) is 11.7. The quantitative estimate of drug-likeness (QED) is 0.848. The fraction of sp³-hybridized carbons (Fsp3) is 0.316. The number of piperidine rings is 1. The Kier molecular flexibility index (Phi) is 5.11. The molecule has 1 saturated heterocycles. The molecular weight excluding hydrogens is 309 g/mol. The van der Waals surface area contributed by atoms with E-state index in [2.05, 4.69) is 0 Å². The molecule has 0 radical (unpaired) electrons. The van der Waals surface area contributed by atoms with Crippen molar-refractivity contribution in [3.63, 3.8) is 0 Å². The second kappa shape index (κ2) is 7.45. The lowest BCUT2D eigenvalue weighted by Gasteiger charge is -2.38. The standard InChI is InChI=1S/C19H20FNO3/c1-23-17-11-12-21(19(22)24-16-5-3-2-4-6-16)18(13-17)14-7-9-15(20)10-8-14/h2-10,17-18H,11-13H2,1H3/t17-,18-/m0/s1. The van der Waals surface area contributed by atoms with Crippen molar-refractivity contribution < 1.29 is 18.7 Å². The minimum absolute atomic E-state index is 0.0702. The first-order valence-electron chi connectivity index (χ1n) is 7.99. The number of halogens is 1. The molecule has 0 N–H and O–H groups in total. The van der Waals surface area contributed by atoms with Crippen molar-refractivity contribution in [1.29, 1.82) is 0 Å². The van der Waals surface area contributed by atoms with E-state index in [0.29, 0.717) is 18.7 Å². The van der Waals surface area contributed by atoms with Crippen LogP contribution >= 0.6 is 0 Å². The third-order valence-corrected chi connectivity index (χ3v) is 4.33. The summed E-state index contributed by atoms with van der Waals surface area (Å²) in [5, 5.41) is 0. The van der Waals surface area contributed by atoms with Crippen LogP contribution in [-0.4, -0.2) is 30.8 Å². The summed E-state index contributed by atoms with van der Waals surface area (Å²) in [4.78, 5) is 14.3. The van der Waals surface area contributed by atoms with Gasteiger partial charge >= 0.3 is 6.09 Å². The van der Waals surface area contributed by atoms with Gasteiger partial charge < -0.3 is 14.4 Å². The van der Waals surface area contributed by atoms with E-state index in [4.69, 9.17) is 9.47 Å². The summed E-state index contributed by atoms with van der Waals surface area (Å²) >= 11 is 0. The lowest BCUT2D eigenvalue weighted by molar-refractivity contribution is 0.0163. The molecule has 1 aliphatic heterocycles. The predicted molar refractivity (Wildman–Crippen MR) is 88.3 cm³/mol. The van der Waals surface area contributed by atoms with Gasteiger partial charge in [-0.05, 0) is 42.7 Å². The maximum Gasteiger partial charge on any atom is 0.415 e. The fourth-order valence-electron chi connectivity index (χ4n) is 3.01. The van der Waals surface area contributed by atoms with Gasteiger partial charge in [-0.15, -0.1) is 0 Å². The molecule has 2 aromatic carbocycles. The molecule has 5 heteroatoms. The number of likely N-dealkylation sites (tertiary alicyclic amines) is 1. The van der Waals surface area contributed by atoms with Crippen molar-refractivity contribution in [1.82, 2.24) is 4.90 Å². The molecule has 1 aliphatic rings. The normalized spacial score (nSPS) is 20.7. The monoisotopic (exact) mass is 329 g/mol. The van der Waals surface area contributed by atoms with Crippen LogP contribution in [-0.2, 0) is 4.74 Å². The van der Waals surface area contributed by atoms with E-state index in [0.717, 1.165) is 12.0 Å². The van der Waals surface area contributed by atoms with Crippen LogP contribution < -0.4 is 4.74 Å². The Balaban J connectivity index is 1.80. The largest absolute Gasteiger partial charge is 0.415 e. The molecule has 24 heavy (non-hydrogen) atoms. The van der Waals surface area contributed by atoms with Crippen molar-refractivity contribution in [3.8, 4) is 5.75 Å². The zero-order valence-electron chi connectivity index (χ0n) is 13.5. The smallest absolute Gasteiger partial charge is 0.410 e.